The summed E-state index contributed by atoms with van der Waals surface area (Å²) in [6, 6.07) is 1.32. The molecule has 2 atom stereocenters. The molecule has 1 heterocycles. The van der Waals surface area contributed by atoms with E-state index in [0.29, 0.717) is 20.8 Å². The second-order valence-electron chi connectivity index (χ2n) is 3.49. The molecular weight excluding hydrogens is 256 g/mol. The summed E-state index contributed by atoms with van der Waals surface area (Å²) in [5, 5.41) is 1.32. The number of halogens is 3. The van der Waals surface area contributed by atoms with Crippen LogP contribution in [0.1, 0.15) is 24.9 Å². The molecule has 0 spiro atoms. The number of fused-ring (bicyclic) bond motifs is 1. The van der Waals surface area contributed by atoms with Crippen LogP contribution >= 0.6 is 34.8 Å². The normalized spacial score (nSPS) is 23.8. The van der Waals surface area contributed by atoms with Crippen LogP contribution in [0.25, 0.3) is 0 Å². The van der Waals surface area contributed by atoms with Crippen LogP contribution in [0.15, 0.2) is 6.07 Å². The Bertz CT molecular complexity index is 408. The molecule has 82 valence electrons. The highest BCUT2D eigenvalue weighted by molar-refractivity contribution is 6.44. The van der Waals surface area contributed by atoms with E-state index in [9.17, 15) is 0 Å². The van der Waals surface area contributed by atoms with Gasteiger partial charge in [0.15, 0.2) is 0 Å². The first kappa shape index (κ1) is 11.3. The Hall–Kier alpha value is -0.150. The van der Waals surface area contributed by atoms with Crippen molar-refractivity contribution in [1.82, 2.24) is 0 Å². The van der Waals surface area contributed by atoms with E-state index in [-0.39, 0.29) is 12.1 Å². The van der Waals surface area contributed by atoms with Crippen molar-refractivity contribution >= 4 is 34.8 Å². The summed E-state index contributed by atoms with van der Waals surface area (Å²) in [5.74, 6) is 0.574. The molecule has 0 amide bonds. The van der Waals surface area contributed by atoms with Gasteiger partial charge in [-0.05, 0) is 12.5 Å². The van der Waals surface area contributed by atoms with Gasteiger partial charge < -0.3 is 10.5 Å². The first-order valence-corrected chi connectivity index (χ1v) is 5.79. The second-order valence-corrected chi connectivity index (χ2v) is 4.68. The lowest BCUT2D eigenvalue weighted by Crippen LogP contribution is -2.24. The second kappa shape index (κ2) is 4.02. The minimum absolute atomic E-state index is 0.0755. The van der Waals surface area contributed by atoms with Gasteiger partial charge in [0.05, 0.1) is 21.1 Å². The summed E-state index contributed by atoms with van der Waals surface area (Å²) in [7, 11) is 0. The maximum atomic E-state index is 6.08. The average molecular weight is 267 g/mol. The summed E-state index contributed by atoms with van der Waals surface area (Å²) in [5.41, 5.74) is 6.74. The minimum atomic E-state index is -0.256. The zero-order valence-corrected chi connectivity index (χ0v) is 10.3. The van der Waals surface area contributed by atoms with E-state index < -0.39 is 0 Å². The van der Waals surface area contributed by atoms with Crippen molar-refractivity contribution in [2.24, 2.45) is 5.73 Å². The van der Waals surface area contributed by atoms with E-state index in [4.69, 9.17) is 45.3 Å². The fourth-order valence-corrected chi connectivity index (χ4v) is 2.55. The van der Waals surface area contributed by atoms with E-state index in [1.54, 1.807) is 6.07 Å². The van der Waals surface area contributed by atoms with Crippen LogP contribution in [0.3, 0.4) is 0 Å². The lowest BCUT2D eigenvalue weighted by molar-refractivity contribution is 0.202. The van der Waals surface area contributed by atoms with E-state index in [2.05, 4.69) is 0 Å². The molecule has 0 radical (unpaired) electrons. The highest BCUT2D eigenvalue weighted by Gasteiger charge is 2.35. The van der Waals surface area contributed by atoms with Crippen molar-refractivity contribution in [1.29, 1.82) is 0 Å². The quantitative estimate of drug-likeness (QED) is 0.784. The highest BCUT2D eigenvalue weighted by atomic mass is 35.5. The molecule has 0 saturated heterocycles. The van der Waals surface area contributed by atoms with Crippen molar-refractivity contribution < 1.29 is 4.74 Å². The molecule has 1 aliphatic rings. The van der Waals surface area contributed by atoms with E-state index in [1.807, 2.05) is 6.92 Å². The molecule has 2 unspecified atom stereocenters. The van der Waals surface area contributed by atoms with Gasteiger partial charge in [0.1, 0.15) is 11.9 Å². The third-order valence-electron chi connectivity index (χ3n) is 2.57. The van der Waals surface area contributed by atoms with Gasteiger partial charge in [-0.2, -0.15) is 0 Å². The Kier molecular flexibility index (Phi) is 3.04. The molecule has 0 fully saturated rings. The molecule has 2 N–H and O–H groups in total. The molecule has 0 aliphatic carbocycles. The van der Waals surface area contributed by atoms with Gasteiger partial charge in [0.25, 0.3) is 0 Å². The lowest BCUT2D eigenvalue weighted by Gasteiger charge is -2.12. The standard InChI is InChI=1S/C10H10Cl3NO/c1-2-6-9(14)7-8(13)4(11)3-5(12)10(7)15-6/h3,6,9H,2,14H2,1H3. The molecule has 0 bridgehead atoms. The summed E-state index contributed by atoms with van der Waals surface area (Å²) >= 11 is 18.0. The highest BCUT2D eigenvalue weighted by Crippen LogP contribution is 2.47. The molecule has 1 aliphatic heterocycles. The van der Waals surface area contributed by atoms with Crippen LogP contribution in [-0.2, 0) is 0 Å². The van der Waals surface area contributed by atoms with Crippen LogP contribution in [0, 0.1) is 0 Å². The monoisotopic (exact) mass is 265 g/mol. The Morgan fingerprint density at radius 3 is 2.60 bits per heavy atom. The van der Waals surface area contributed by atoms with Gasteiger partial charge in [-0.1, -0.05) is 41.7 Å². The van der Waals surface area contributed by atoms with Crippen molar-refractivity contribution in [2.75, 3.05) is 0 Å². The van der Waals surface area contributed by atoms with Gasteiger partial charge in [0, 0.05) is 5.56 Å². The molecule has 1 aromatic rings. The zero-order chi connectivity index (χ0) is 11.2. The van der Waals surface area contributed by atoms with Crippen molar-refractivity contribution in [3.8, 4) is 5.75 Å². The molecule has 1 aromatic carbocycles. The fourth-order valence-electron chi connectivity index (χ4n) is 1.76. The van der Waals surface area contributed by atoms with E-state index in [0.717, 1.165) is 12.0 Å². The van der Waals surface area contributed by atoms with E-state index in [1.165, 1.54) is 0 Å². The molecule has 0 aromatic heterocycles. The molecular formula is C10H10Cl3NO. The van der Waals surface area contributed by atoms with Crippen LogP contribution in [0.2, 0.25) is 15.1 Å². The fraction of sp³-hybridized carbons (Fsp3) is 0.400. The van der Waals surface area contributed by atoms with Crippen molar-refractivity contribution in [3.63, 3.8) is 0 Å². The predicted octanol–water partition coefficient (Wildman–Crippen LogP) is 3.82. The largest absolute Gasteiger partial charge is 0.486 e. The Morgan fingerprint density at radius 1 is 1.33 bits per heavy atom. The Labute approximate surface area is 103 Å². The number of nitrogens with two attached hydrogens (primary N) is 1. The Morgan fingerprint density at radius 2 is 2.00 bits per heavy atom. The summed E-state index contributed by atoms with van der Waals surface area (Å²) in [6.07, 6.45) is 0.730. The van der Waals surface area contributed by atoms with Gasteiger partial charge in [-0.15, -0.1) is 0 Å². The van der Waals surface area contributed by atoms with Gasteiger partial charge >= 0.3 is 0 Å². The molecule has 0 saturated carbocycles. The van der Waals surface area contributed by atoms with Gasteiger partial charge in [-0.3, -0.25) is 0 Å². The first-order valence-electron chi connectivity index (χ1n) is 4.65. The molecule has 2 rings (SSSR count). The SMILES string of the molecule is CCC1Oc2c(Cl)cc(Cl)c(Cl)c2C1N. The summed E-state index contributed by atoms with van der Waals surface area (Å²) in [4.78, 5) is 0. The molecule has 2 nitrogen and oxygen atoms in total. The summed E-state index contributed by atoms with van der Waals surface area (Å²) < 4.78 is 5.63. The number of ether oxygens (including phenoxy) is 1. The van der Waals surface area contributed by atoms with Crippen molar-refractivity contribution in [2.45, 2.75) is 25.5 Å². The topological polar surface area (TPSA) is 35.2 Å². The number of rotatable bonds is 1. The van der Waals surface area contributed by atoms with Gasteiger partial charge in [0.2, 0.25) is 0 Å². The third kappa shape index (κ3) is 1.70. The lowest BCUT2D eigenvalue weighted by atomic mass is 10.0. The average Bonchev–Trinajstić information content (AvgIpc) is 2.53. The minimum Gasteiger partial charge on any atom is -0.486 e. The molecule has 5 heteroatoms. The third-order valence-corrected chi connectivity index (χ3v) is 3.65. The number of hydrogen-bond donors (Lipinski definition) is 1. The van der Waals surface area contributed by atoms with Crippen LogP contribution in [-0.4, -0.2) is 6.10 Å². The smallest absolute Gasteiger partial charge is 0.144 e. The van der Waals surface area contributed by atoms with Crippen LogP contribution < -0.4 is 10.5 Å². The summed E-state index contributed by atoms with van der Waals surface area (Å²) in [6.45, 7) is 2.00. The van der Waals surface area contributed by atoms with Gasteiger partial charge in [-0.25, -0.2) is 0 Å². The zero-order valence-electron chi connectivity index (χ0n) is 8.06. The number of hydrogen-bond acceptors (Lipinski definition) is 2. The van der Waals surface area contributed by atoms with E-state index >= 15 is 0 Å². The predicted molar refractivity (Wildman–Crippen MR) is 63.1 cm³/mol. The van der Waals surface area contributed by atoms with Crippen LogP contribution in [0.4, 0.5) is 0 Å². The maximum Gasteiger partial charge on any atom is 0.144 e. The molecule has 15 heavy (non-hydrogen) atoms. The van der Waals surface area contributed by atoms with Crippen LogP contribution in [0.5, 0.6) is 5.75 Å². The number of benzene rings is 1. The Balaban J connectivity index is 2.58. The first-order chi connectivity index (χ1) is 7.06. The maximum absolute atomic E-state index is 6.08. The van der Waals surface area contributed by atoms with Crippen molar-refractivity contribution in [3.05, 3.63) is 26.7 Å².